The van der Waals surface area contributed by atoms with Crippen molar-refractivity contribution in [3.8, 4) is 0 Å². The topological polar surface area (TPSA) is 20.3 Å². The summed E-state index contributed by atoms with van der Waals surface area (Å²) in [5.41, 5.74) is 0. The van der Waals surface area contributed by atoms with Crippen LogP contribution in [-0.2, 0) is 0 Å². The number of thiophene rings is 2. The molecule has 1 amide bonds. The Morgan fingerprint density at radius 3 is 2.79 bits per heavy atom. The third-order valence-electron chi connectivity index (χ3n) is 3.83. The van der Waals surface area contributed by atoms with Crippen molar-refractivity contribution in [2.75, 3.05) is 13.1 Å². The molecule has 1 aliphatic rings. The Kier molecular flexibility index (Phi) is 3.96. The number of nitrogens with zero attached hydrogens (tertiary/aromatic N) is 1. The van der Waals surface area contributed by atoms with Crippen molar-refractivity contribution in [3.63, 3.8) is 0 Å². The van der Waals surface area contributed by atoms with Crippen molar-refractivity contribution in [2.24, 2.45) is 5.92 Å². The lowest BCUT2D eigenvalue weighted by atomic mass is 9.94. The summed E-state index contributed by atoms with van der Waals surface area (Å²) in [6, 6.07) is 4.15. The predicted molar refractivity (Wildman–Crippen MR) is 86.7 cm³/mol. The second-order valence-corrected chi connectivity index (χ2v) is 8.54. The average Bonchev–Trinajstić information content (AvgIpc) is 2.98. The Morgan fingerprint density at radius 1 is 1.42 bits per heavy atom. The van der Waals surface area contributed by atoms with Crippen LogP contribution in [0.2, 0.25) is 0 Å². The van der Waals surface area contributed by atoms with E-state index < -0.39 is 0 Å². The van der Waals surface area contributed by atoms with Crippen molar-refractivity contribution < 1.29 is 4.79 Å². The quantitative estimate of drug-likeness (QED) is 0.719. The fraction of sp³-hybridized carbons (Fsp3) is 0.500. The molecular weight excluding hydrogens is 342 g/mol. The van der Waals surface area contributed by atoms with Gasteiger partial charge in [0.15, 0.2) is 0 Å². The van der Waals surface area contributed by atoms with E-state index in [4.69, 9.17) is 0 Å². The second-order valence-electron chi connectivity index (χ2n) is 5.07. The molecule has 19 heavy (non-hydrogen) atoms. The normalized spacial score (nSPS) is 18.9. The standard InChI is InChI=1S/C14H16BrNOS2/c1-9(15)10-2-5-16(6-3-10)14(17)13-8-12-11(19-13)4-7-18-12/h4,7-10H,2-3,5-6H2,1H3. The number of halogens is 1. The monoisotopic (exact) mass is 357 g/mol. The van der Waals surface area contributed by atoms with Gasteiger partial charge in [-0.1, -0.05) is 22.9 Å². The summed E-state index contributed by atoms with van der Waals surface area (Å²) < 4.78 is 2.47. The molecule has 0 saturated carbocycles. The van der Waals surface area contributed by atoms with Gasteiger partial charge in [-0.05, 0) is 36.3 Å². The van der Waals surface area contributed by atoms with Crippen LogP contribution in [0.4, 0.5) is 0 Å². The van der Waals surface area contributed by atoms with Gasteiger partial charge in [-0.25, -0.2) is 0 Å². The van der Waals surface area contributed by atoms with Crippen LogP contribution >= 0.6 is 38.6 Å². The molecular formula is C14H16BrNOS2. The lowest BCUT2D eigenvalue weighted by Gasteiger charge is -2.33. The number of carbonyl (C=O) groups excluding carboxylic acids is 1. The number of carbonyl (C=O) groups is 1. The first-order chi connectivity index (χ1) is 9.15. The fourth-order valence-corrected chi connectivity index (χ4v) is 5.19. The maximum atomic E-state index is 12.5. The number of rotatable bonds is 2. The van der Waals surface area contributed by atoms with Crippen molar-refractivity contribution in [1.82, 2.24) is 4.90 Å². The van der Waals surface area contributed by atoms with Gasteiger partial charge in [-0.2, -0.15) is 0 Å². The SMILES string of the molecule is CC(Br)C1CCN(C(=O)c2cc3sccc3s2)CC1. The van der Waals surface area contributed by atoms with E-state index in [2.05, 4.69) is 34.3 Å². The molecule has 1 unspecified atom stereocenters. The predicted octanol–water partition coefficient (Wildman–Crippen LogP) is 4.60. The summed E-state index contributed by atoms with van der Waals surface area (Å²) in [4.78, 5) is 15.9. The zero-order valence-corrected chi connectivity index (χ0v) is 14.0. The van der Waals surface area contributed by atoms with E-state index >= 15 is 0 Å². The van der Waals surface area contributed by atoms with E-state index in [1.165, 1.54) is 9.40 Å². The van der Waals surface area contributed by atoms with Gasteiger partial charge in [0, 0.05) is 27.3 Å². The summed E-state index contributed by atoms with van der Waals surface area (Å²) in [7, 11) is 0. The molecule has 5 heteroatoms. The van der Waals surface area contributed by atoms with Gasteiger partial charge in [0.05, 0.1) is 4.88 Å². The molecule has 0 spiro atoms. The minimum Gasteiger partial charge on any atom is -0.338 e. The zero-order valence-electron chi connectivity index (χ0n) is 10.8. The maximum Gasteiger partial charge on any atom is 0.263 e. The van der Waals surface area contributed by atoms with Gasteiger partial charge in [0.2, 0.25) is 0 Å². The maximum absolute atomic E-state index is 12.5. The van der Waals surface area contributed by atoms with Gasteiger partial charge < -0.3 is 4.90 Å². The first-order valence-corrected chi connectivity index (χ1v) is 9.16. The van der Waals surface area contributed by atoms with E-state index in [1.807, 2.05) is 11.0 Å². The molecule has 0 bridgehead atoms. The van der Waals surface area contributed by atoms with Crippen LogP contribution in [0, 0.1) is 5.92 Å². The smallest absolute Gasteiger partial charge is 0.263 e. The van der Waals surface area contributed by atoms with Crippen LogP contribution in [0.15, 0.2) is 17.5 Å². The van der Waals surface area contributed by atoms with Crippen LogP contribution < -0.4 is 0 Å². The van der Waals surface area contributed by atoms with E-state index in [9.17, 15) is 4.79 Å². The lowest BCUT2D eigenvalue weighted by Crippen LogP contribution is -2.39. The minimum atomic E-state index is 0.217. The largest absolute Gasteiger partial charge is 0.338 e. The zero-order chi connectivity index (χ0) is 13.4. The van der Waals surface area contributed by atoms with Gasteiger partial charge in [-0.15, -0.1) is 22.7 Å². The highest BCUT2D eigenvalue weighted by atomic mass is 79.9. The van der Waals surface area contributed by atoms with Crippen molar-refractivity contribution in [3.05, 3.63) is 22.4 Å². The molecule has 0 aromatic carbocycles. The molecule has 1 atom stereocenters. The van der Waals surface area contributed by atoms with Crippen molar-refractivity contribution in [1.29, 1.82) is 0 Å². The van der Waals surface area contributed by atoms with Crippen LogP contribution in [0.25, 0.3) is 9.40 Å². The van der Waals surface area contributed by atoms with E-state index in [-0.39, 0.29) is 5.91 Å². The molecule has 102 valence electrons. The molecule has 0 aliphatic carbocycles. The molecule has 1 aliphatic heterocycles. The summed E-state index contributed by atoms with van der Waals surface area (Å²) in [5, 5.41) is 2.08. The number of alkyl halides is 1. The summed E-state index contributed by atoms with van der Waals surface area (Å²) in [6.45, 7) is 3.99. The van der Waals surface area contributed by atoms with Crippen LogP contribution in [0.1, 0.15) is 29.4 Å². The molecule has 2 aromatic heterocycles. The van der Waals surface area contributed by atoms with E-state index in [0.717, 1.165) is 30.8 Å². The highest BCUT2D eigenvalue weighted by Crippen LogP contribution is 2.32. The number of hydrogen-bond donors (Lipinski definition) is 0. The van der Waals surface area contributed by atoms with E-state index in [1.54, 1.807) is 22.7 Å². The highest BCUT2D eigenvalue weighted by Gasteiger charge is 2.26. The summed E-state index contributed by atoms with van der Waals surface area (Å²) >= 11 is 6.99. The second kappa shape index (κ2) is 5.54. The Morgan fingerprint density at radius 2 is 2.16 bits per heavy atom. The molecule has 0 N–H and O–H groups in total. The molecule has 3 rings (SSSR count). The Labute approximate surface area is 129 Å². The number of fused-ring (bicyclic) bond motifs is 1. The number of piperidine rings is 1. The highest BCUT2D eigenvalue weighted by molar-refractivity contribution is 9.09. The Hall–Kier alpha value is -0.390. The first-order valence-electron chi connectivity index (χ1n) is 6.55. The Balaban J connectivity index is 1.70. The lowest BCUT2D eigenvalue weighted by molar-refractivity contribution is 0.0696. The molecule has 2 nitrogen and oxygen atoms in total. The molecule has 0 radical (unpaired) electrons. The molecule has 2 aromatic rings. The first kappa shape index (κ1) is 13.6. The third kappa shape index (κ3) is 2.73. The molecule has 1 fully saturated rings. The van der Waals surface area contributed by atoms with Gasteiger partial charge >= 0.3 is 0 Å². The summed E-state index contributed by atoms with van der Waals surface area (Å²) in [6.07, 6.45) is 2.22. The number of amides is 1. The van der Waals surface area contributed by atoms with E-state index in [0.29, 0.717) is 10.7 Å². The van der Waals surface area contributed by atoms with Crippen LogP contribution in [-0.4, -0.2) is 28.7 Å². The average molecular weight is 358 g/mol. The number of hydrogen-bond acceptors (Lipinski definition) is 3. The third-order valence-corrected chi connectivity index (χ3v) is 6.66. The van der Waals surface area contributed by atoms with Crippen molar-refractivity contribution in [2.45, 2.75) is 24.6 Å². The molecule has 3 heterocycles. The summed E-state index contributed by atoms with van der Waals surface area (Å²) in [5.74, 6) is 0.921. The fourth-order valence-electron chi connectivity index (χ4n) is 2.59. The van der Waals surface area contributed by atoms with Crippen LogP contribution in [0.5, 0.6) is 0 Å². The van der Waals surface area contributed by atoms with Gasteiger partial charge in [0.25, 0.3) is 5.91 Å². The Bertz CT molecular complexity index is 553. The van der Waals surface area contributed by atoms with Gasteiger partial charge in [-0.3, -0.25) is 4.79 Å². The number of likely N-dealkylation sites (tertiary alicyclic amines) is 1. The van der Waals surface area contributed by atoms with Crippen molar-refractivity contribution >= 4 is 53.9 Å². The van der Waals surface area contributed by atoms with Gasteiger partial charge in [0.1, 0.15) is 0 Å². The minimum absolute atomic E-state index is 0.217. The molecule has 1 saturated heterocycles. The van der Waals surface area contributed by atoms with Crippen LogP contribution in [0.3, 0.4) is 0 Å².